The fourth-order valence-corrected chi connectivity index (χ4v) is 5.34. The summed E-state index contributed by atoms with van der Waals surface area (Å²) in [6, 6.07) is 10.5. The second-order valence-electron chi connectivity index (χ2n) is 6.97. The van der Waals surface area contributed by atoms with Crippen LogP contribution in [0.2, 0.25) is 0 Å². The van der Waals surface area contributed by atoms with Crippen LogP contribution >= 0.6 is 22.7 Å². The van der Waals surface area contributed by atoms with Gasteiger partial charge in [0.1, 0.15) is 18.4 Å². The summed E-state index contributed by atoms with van der Waals surface area (Å²) >= 11 is 2.85. The van der Waals surface area contributed by atoms with E-state index >= 15 is 0 Å². The molecule has 0 saturated carbocycles. The average Bonchev–Trinajstić information content (AvgIpc) is 3.41. The van der Waals surface area contributed by atoms with Gasteiger partial charge in [-0.25, -0.2) is 9.79 Å². The van der Waals surface area contributed by atoms with Gasteiger partial charge in [0.2, 0.25) is 0 Å². The molecule has 9 heteroatoms. The molecule has 0 spiro atoms. The van der Waals surface area contributed by atoms with Gasteiger partial charge in [-0.05, 0) is 30.5 Å². The number of hydrogen-bond acceptors (Lipinski definition) is 8. The van der Waals surface area contributed by atoms with Crippen LogP contribution in [0.4, 0.5) is 0 Å². The molecular weight excluding hydrogens is 448 g/mol. The number of rotatable bonds is 7. The van der Waals surface area contributed by atoms with Crippen molar-refractivity contribution in [2.24, 2.45) is 4.99 Å². The van der Waals surface area contributed by atoms with Gasteiger partial charge in [0.25, 0.3) is 5.56 Å². The number of benzene rings is 1. The first-order chi connectivity index (χ1) is 15.5. The maximum Gasteiger partial charge on any atom is 0.338 e. The van der Waals surface area contributed by atoms with Crippen molar-refractivity contribution in [2.45, 2.75) is 13.0 Å². The molecule has 7 nitrogen and oxygen atoms in total. The van der Waals surface area contributed by atoms with Gasteiger partial charge in [0, 0.05) is 17.6 Å². The molecule has 3 aromatic rings. The monoisotopic (exact) mass is 470 g/mol. The summed E-state index contributed by atoms with van der Waals surface area (Å²) in [6.07, 6.45) is 1.85. The molecular formula is C23H22N2O5S2. The standard InChI is InChI=1S/C23H22N2O5S2/c1-14-19(22(27)30-11-10-28-2)20(16-8-4-5-9-17(16)29-3)25-21(26)18(32-23(25)24-14)13-15-7-6-12-31-15/h4-9,12-13,20H,10-11H2,1-3H3/b18-13+/t20-/m1/s1. The van der Waals surface area contributed by atoms with E-state index in [1.54, 1.807) is 36.0 Å². The van der Waals surface area contributed by atoms with Crippen molar-refractivity contribution in [1.29, 1.82) is 0 Å². The van der Waals surface area contributed by atoms with E-state index in [1.165, 1.54) is 18.4 Å². The molecule has 0 bridgehead atoms. The highest BCUT2D eigenvalue weighted by Crippen LogP contribution is 2.35. The number of carbonyl (C=O) groups is 1. The number of fused-ring (bicyclic) bond motifs is 1. The topological polar surface area (TPSA) is 79.1 Å². The molecule has 1 aromatic carbocycles. The zero-order chi connectivity index (χ0) is 22.7. The lowest BCUT2D eigenvalue weighted by Crippen LogP contribution is -2.40. The van der Waals surface area contributed by atoms with E-state index < -0.39 is 12.0 Å². The predicted octanol–water partition coefficient (Wildman–Crippen LogP) is 2.49. The molecule has 32 heavy (non-hydrogen) atoms. The fraction of sp³-hybridized carbons (Fsp3) is 0.261. The van der Waals surface area contributed by atoms with Crippen LogP contribution in [0.25, 0.3) is 6.08 Å². The quantitative estimate of drug-likeness (QED) is 0.392. The molecule has 0 N–H and O–H groups in total. The third-order valence-corrected chi connectivity index (χ3v) is 6.81. The van der Waals surface area contributed by atoms with Crippen LogP contribution in [0.5, 0.6) is 5.75 Å². The molecule has 1 atom stereocenters. The third-order valence-electron chi connectivity index (χ3n) is 5.01. The van der Waals surface area contributed by atoms with Gasteiger partial charge in [-0.2, -0.15) is 0 Å². The minimum absolute atomic E-state index is 0.105. The molecule has 1 aliphatic rings. The first-order valence-corrected chi connectivity index (χ1v) is 11.6. The molecule has 1 aliphatic heterocycles. The molecule has 0 amide bonds. The van der Waals surface area contributed by atoms with Gasteiger partial charge in [0.15, 0.2) is 4.80 Å². The van der Waals surface area contributed by atoms with Crippen LogP contribution in [0, 0.1) is 0 Å². The molecule has 0 saturated heterocycles. The highest BCUT2D eigenvalue weighted by atomic mass is 32.1. The summed E-state index contributed by atoms with van der Waals surface area (Å²) in [6.45, 7) is 2.14. The summed E-state index contributed by atoms with van der Waals surface area (Å²) in [5.74, 6) is 0.0361. The van der Waals surface area contributed by atoms with Crippen LogP contribution in [0.15, 0.2) is 62.8 Å². The number of hydrogen-bond donors (Lipinski definition) is 0. The second-order valence-corrected chi connectivity index (χ2v) is 8.96. The largest absolute Gasteiger partial charge is 0.496 e. The van der Waals surface area contributed by atoms with Crippen molar-refractivity contribution < 1.29 is 19.0 Å². The Labute approximate surface area is 192 Å². The molecule has 4 rings (SSSR count). The Balaban J connectivity index is 1.93. The molecule has 166 valence electrons. The van der Waals surface area contributed by atoms with Crippen molar-refractivity contribution in [3.05, 3.63) is 83.2 Å². The molecule has 3 heterocycles. The van der Waals surface area contributed by atoms with E-state index in [2.05, 4.69) is 4.99 Å². The number of carbonyl (C=O) groups excluding carboxylic acids is 1. The summed E-state index contributed by atoms with van der Waals surface area (Å²) in [5, 5.41) is 1.96. The number of para-hydroxylation sites is 1. The SMILES string of the molecule is COCCOC(=O)C1=C(C)N=c2s/c(=C/c3cccs3)c(=O)n2[C@@H]1c1ccccc1OC. The third kappa shape index (κ3) is 4.19. The van der Waals surface area contributed by atoms with Crippen molar-refractivity contribution in [2.75, 3.05) is 27.4 Å². The van der Waals surface area contributed by atoms with Gasteiger partial charge in [-0.1, -0.05) is 35.6 Å². The molecule has 2 aromatic heterocycles. The van der Waals surface area contributed by atoms with Crippen LogP contribution in [-0.4, -0.2) is 38.0 Å². The van der Waals surface area contributed by atoms with Crippen LogP contribution in [0.1, 0.15) is 23.4 Å². The Morgan fingerprint density at radius 2 is 2.00 bits per heavy atom. The number of thiophene rings is 1. The first kappa shape index (κ1) is 22.2. The summed E-state index contributed by atoms with van der Waals surface area (Å²) < 4.78 is 18.1. The molecule has 0 radical (unpaired) electrons. The minimum atomic E-state index is -0.720. The second kappa shape index (κ2) is 9.64. The van der Waals surface area contributed by atoms with E-state index in [-0.39, 0.29) is 18.8 Å². The normalized spacial score (nSPS) is 16.0. The highest BCUT2D eigenvalue weighted by molar-refractivity contribution is 7.11. The van der Waals surface area contributed by atoms with Crippen molar-refractivity contribution in [3.8, 4) is 5.75 Å². The Morgan fingerprint density at radius 1 is 1.19 bits per heavy atom. The van der Waals surface area contributed by atoms with Crippen molar-refractivity contribution in [3.63, 3.8) is 0 Å². The lowest BCUT2D eigenvalue weighted by molar-refractivity contribution is -0.140. The van der Waals surface area contributed by atoms with E-state index in [9.17, 15) is 9.59 Å². The smallest absolute Gasteiger partial charge is 0.338 e. The lowest BCUT2D eigenvalue weighted by atomic mass is 9.95. The number of aromatic nitrogens is 1. The molecule has 0 unspecified atom stereocenters. The number of allylic oxidation sites excluding steroid dienone is 1. The summed E-state index contributed by atoms with van der Waals surface area (Å²) in [4.78, 5) is 32.7. The van der Waals surface area contributed by atoms with Gasteiger partial charge in [-0.3, -0.25) is 9.36 Å². The average molecular weight is 471 g/mol. The predicted molar refractivity (Wildman–Crippen MR) is 124 cm³/mol. The number of ether oxygens (including phenoxy) is 3. The van der Waals surface area contributed by atoms with E-state index in [0.717, 1.165) is 4.88 Å². The minimum Gasteiger partial charge on any atom is -0.496 e. The molecule has 0 fully saturated rings. The maximum absolute atomic E-state index is 13.5. The van der Waals surface area contributed by atoms with E-state index in [4.69, 9.17) is 14.2 Å². The van der Waals surface area contributed by atoms with Crippen LogP contribution in [0.3, 0.4) is 0 Å². The Kier molecular flexibility index (Phi) is 6.69. The van der Waals surface area contributed by atoms with Crippen LogP contribution in [-0.2, 0) is 14.3 Å². The molecule has 0 aliphatic carbocycles. The number of esters is 1. The van der Waals surface area contributed by atoms with Crippen LogP contribution < -0.4 is 19.6 Å². The maximum atomic E-state index is 13.5. The summed E-state index contributed by atoms with van der Waals surface area (Å²) in [5.41, 5.74) is 1.28. The van der Waals surface area contributed by atoms with Gasteiger partial charge >= 0.3 is 5.97 Å². The zero-order valence-corrected chi connectivity index (χ0v) is 19.5. The van der Waals surface area contributed by atoms with E-state index in [0.29, 0.717) is 31.9 Å². The summed E-state index contributed by atoms with van der Waals surface area (Å²) in [7, 11) is 3.10. The number of thiazole rings is 1. The Morgan fingerprint density at radius 3 is 2.72 bits per heavy atom. The number of methoxy groups -OCH3 is 2. The van der Waals surface area contributed by atoms with Crippen molar-refractivity contribution in [1.82, 2.24) is 4.57 Å². The van der Waals surface area contributed by atoms with Gasteiger partial charge < -0.3 is 14.2 Å². The van der Waals surface area contributed by atoms with Crippen molar-refractivity contribution >= 4 is 34.7 Å². The van der Waals surface area contributed by atoms with E-state index in [1.807, 2.05) is 41.8 Å². The number of nitrogens with zero attached hydrogens (tertiary/aromatic N) is 2. The van der Waals surface area contributed by atoms with Gasteiger partial charge in [0.05, 0.1) is 29.5 Å². The zero-order valence-electron chi connectivity index (χ0n) is 17.9. The fourth-order valence-electron chi connectivity index (χ4n) is 3.57. The lowest BCUT2D eigenvalue weighted by Gasteiger charge is -2.26. The first-order valence-electron chi connectivity index (χ1n) is 9.90. The van der Waals surface area contributed by atoms with Gasteiger partial charge in [-0.15, -0.1) is 11.3 Å². The Hall–Kier alpha value is -3.01. The Bertz CT molecular complexity index is 1340. The highest BCUT2D eigenvalue weighted by Gasteiger charge is 2.35.